The van der Waals surface area contributed by atoms with Crippen molar-refractivity contribution < 1.29 is 37.4 Å². The first-order chi connectivity index (χ1) is 12.2. The first-order valence-corrected chi connectivity index (χ1v) is 8.04. The first-order valence-electron chi connectivity index (χ1n) is 8.04. The highest BCUT2D eigenvalue weighted by atomic mass is 19.2. The number of halogens is 2. The molecule has 0 bridgehead atoms. The topological polar surface area (TPSA) is 90.9 Å². The molecule has 0 radical (unpaired) electrons. The number of esters is 3. The van der Waals surface area contributed by atoms with Gasteiger partial charge in [-0.3, -0.25) is 14.4 Å². The van der Waals surface area contributed by atoms with Crippen LogP contribution >= 0.6 is 0 Å². The van der Waals surface area contributed by atoms with Crippen molar-refractivity contribution >= 4 is 23.6 Å². The predicted molar refractivity (Wildman–Crippen MR) is 84.4 cm³/mol. The third-order valence-electron chi connectivity index (χ3n) is 4.31. The second-order valence-electron chi connectivity index (χ2n) is 5.74. The molecule has 7 nitrogen and oxygen atoms in total. The summed E-state index contributed by atoms with van der Waals surface area (Å²) >= 11 is 0. The van der Waals surface area contributed by atoms with E-state index < -0.39 is 48.0 Å². The van der Waals surface area contributed by atoms with Gasteiger partial charge in [0.25, 0.3) is 0 Å². The second kappa shape index (κ2) is 7.67. The Morgan fingerprint density at radius 3 is 2.27 bits per heavy atom. The molecular formula is C17H19F2NO6. The van der Waals surface area contributed by atoms with Gasteiger partial charge in [0.2, 0.25) is 0 Å². The summed E-state index contributed by atoms with van der Waals surface area (Å²) in [6.45, 7) is 3.88. The van der Waals surface area contributed by atoms with Crippen LogP contribution in [0.1, 0.15) is 39.2 Å². The number of ether oxygens (including phenoxy) is 3. The Labute approximate surface area is 148 Å². The van der Waals surface area contributed by atoms with Crippen LogP contribution in [0.25, 0.3) is 0 Å². The lowest BCUT2D eigenvalue weighted by Crippen LogP contribution is -2.51. The van der Waals surface area contributed by atoms with Crippen LogP contribution in [-0.2, 0) is 35.2 Å². The van der Waals surface area contributed by atoms with Gasteiger partial charge < -0.3 is 19.5 Å². The lowest BCUT2D eigenvalue weighted by atomic mass is 9.82. The number of carbonyl (C=O) groups is 3. The van der Waals surface area contributed by atoms with Crippen molar-refractivity contribution in [3.05, 3.63) is 29.3 Å². The molecule has 1 aliphatic heterocycles. The summed E-state index contributed by atoms with van der Waals surface area (Å²) < 4.78 is 42.4. The van der Waals surface area contributed by atoms with E-state index >= 15 is 0 Å². The Bertz CT molecular complexity index is 712. The fourth-order valence-corrected chi connectivity index (χ4v) is 2.58. The maximum atomic E-state index is 14.0. The Morgan fingerprint density at radius 2 is 1.77 bits per heavy atom. The molecule has 1 heterocycles. The van der Waals surface area contributed by atoms with Gasteiger partial charge in [0.15, 0.2) is 17.0 Å². The normalized spacial score (nSPS) is 16.7. The van der Waals surface area contributed by atoms with E-state index in [-0.39, 0.29) is 24.1 Å². The van der Waals surface area contributed by atoms with Gasteiger partial charge >= 0.3 is 24.3 Å². The molecular weight excluding hydrogens is 352 g/mol. The largest absolute Gasteiger partial charge is 0.461 e. The van der Waals surface area contributed by atoms with Crippen molar-refractivity contribution in [1.29, 1.82) is 0 Å². The van der Waals surface area contributed by atoms with Crippen molar-refractivity contribution in [2.24, 2.45) is 5.41 Å². The highest BCUT2D eigenvalue weighted by Gasteiger charge is 2.51. The SMILES string of the molecule is CCC1(CC)C(=O)OC(Nc2ccc(F)c(F)c2COC(C)=O)OC1=O. The molecule has 0 aromatic heterocycles. The number of carbonyl (C=O) groups excluding carboxylic acids is 3. The fourth-order valence-electron chi connectivity index (χ4n) is 2.58. The van der Waals surface area contributed by atoms with Crippen LogP contribution in [0.5, 0.6) is 0 Å². The van der Waals surface area contributed by atoms with E-state index in [0.29, 0.717) is 0 Å². The number of anilines is 1. The quantitative estimate of drug-likeness (QED) is 0.607. The maximum absolute atomic E-state index is 14.0. The number of rotatable bonds is 6. The average Bonchev–Trinajstić information content (AvgIpc) is 2.58. The lowest BCUT2D eigenvalue weighted by Gasteiger charge is -2.35. The van der Waals surface area contributed by atoms with Crippen LogP contribution in [-0.4, -0.2) is 24.3 Å². The summed E-state index contributed by atoms with van der Waals surface area (Å²) in [7, 11) is 0. The van der Waals surface area contributed by atoms with E-state index in [1.165, 1.54) is 0 Å². The van der Waals surface area contributed by atoms with Crippen molar-refractivity contribution in [3.8, 4) is 0 Å². The smallest absolute Gasteiger partial charge is 0.329 e. The Balaban J connectivity index is 2.24. The second-order valence-corrected chi connectivity index (χ2v) is 5.74. The van der Waals surface area contributed by atoms with Gasteiger partial charge in [-0.15, -0.1) is 0 Å². The number of hydrogen-bond acceptors (Lipinski definition) is 7. The van der Waals surface area contributed by atoms with Gasteiger partial charge in [-0.1, -0.05) is 13.8 Å². The highest BCUT2D eigenvalue weighted by molar-refractivity contribution is 6.01. The van der Waals surface area contributed by atoms with Crippen LogP contribution in [0.2, 0.25) is 0 Å². The van der Waals surface area contributed by atoms with Crippen LogP contribution in [0.3, 0.4) is 0 Å². The minimum Gasteiger partial charge on any atom is -0.461 e. The van der Waals surface area contributed by atoms with E-state index in [0.717, 1.165) is 19.1 Å². The van der Waals surface area contributed by atoms with E-state index in [4.69, 9.17) is 14.2 Å². The molecule has 1 aliphatic rings. The standard InChI is InChI=1S/C17H19F2NO6/c1-4-17(5-2)14(22)25-16(26-15(17)23)20-12-7-6-11(18)13(19)10(12)8-24-9(3)21/h6-7,16,20H,4-5,8H2,1-3H3. The molecule has 142 valence electrons. The van der Waals surface area contributed by atoms with E-state index in [1.54, 1.807) is 13.8 Å². The molecule has 26 heavy (non-hydrogen) atoms. The third kappa shape index (κ3) is 3.61. The molecule has 0 amide bonds. The van der Waals surface area contributed by atoms with Crippen LogP contribution < -0.4 is 5.32 Å². The molecule has 1 aromatic carbocycles. The zero-order valence-corrected chi connectivity index (χ0v) is 14.6. The number of benzene rings is 1. The number of cyclic esters (lactones) is 2. The molecule has 1 fully saturated rings. The van der Waals surface area contributed by atoms with Gasteiger partial charge in [0, 0.05) is 12.6 Å². The van der Waals surface area contributed by atoms with Crippen molar-refractivity contribution in [2.75, 3.05) is 5.32 Å². The van der Waals surface area contributed by atoms with Gasteiger partial charge in [0.05, 0.1) is 5.56 Å². The summed E-state index contributed by atoms with van der Waals surface area (Å²) in [6.07, 6.45) is -1.10. The molecule has 0 spiro atoms. The molecule has 1 saturated heterocycles. The van der Waals surface area contributed by atoms with Crippen molar-refractivity contribution in [1.82, 2.24) is 0 Å². The third-order valence-corrected chi connectivity index (χ3v) is 4.31. The highest BCUT2D eigenvalue weighted by Crippen LogP contribution is 2.35. The van der Waals surface area contributed by atoms with E-state index in [2.05, 4.69) is 5.32 Å². The van der Waals surface area contributed by atoms with Gasteiger partial charge in [-0.25, -0.2) is 8.78 Å². The van der Waals surface area contributed by atoms with E-state index in [9.17, 15) is 23.2 Å². The maximum Gasteiger partial charge on any atom is 0.329 e. The molecule has 1 N–H and O–H groups in total. The Morgan fingerprint density at radius 1 is 1.19 bits per heavy atom. The molecule has 0 unspecified atom stereocenters. The first kappa shape index (κ1) is 19.6. The molecule has 0 atom stereocenters. The molecule has 9 heteroatoms. The fraction of sp³-hybridized carbons (Fsp3) is 0.471. The lowest BCUT2D eigenvalue weighted by molar-refractivity contribution is -0.219. The Kier molecular flexibility index (Phi) is 5.79. The van der Waals surface area contributed by atoms with Crippen LogP contribution in [0.4, 0.5) is 14.5 Å². The summed E-state index contributed by atoms with van der Waals surface area (Å²) in [5.41, 5.74) is -1.74. The minimum absolute atomic E-state index is 0.0451. The molecule has 0 saturated carbocycles. The summed E-state index contributed by atoms with van der Waals surface area (Å²) in [6, 6.07) is 1.99. The summed E-state index contributed by atoms with van der Waals surface area (Å²) in [5, 5.41) is 2.50. The monoisotopic (exact) mass is 371 g/mol. The van der Waals surface area contributed by atoms with Gasteiger partial charge in [-0.2, -0.15) is 0 Å². The summed E-state index contributed by atoms with van der Waals surface area (Å²) in [4.78, 5) is 35.4. The van der Waals surface area contributed by atoms with Gasteiger partial charge in [-0.05, 0) is 25.0 Å². The zero-order valence-electron chi connectivity index (χ0n) is 14.6. The predicted octanol–water partition coefficient (Wildman–Crippen LogP) is 2.63. The number of nitrogens with one attached hydrogen (secondary N) is 1. The Hall–Kier alpha value is -2.71. The van der Waals surface area contributed by atoms with Crippen LogP contribution in [0.15, 0.2) is 12.1 Å². The molecule has 2 rings (SSSR count). The molecule has 0 aliphatic carbocycles. The van der Waals surface area contributed by atoms with Crippen molar-refractivity contribution in [2.45, 2.75) is 46.6 Å². The zero-order chi connectivity index (χ0) is 19.5. The average molecular weight is 371 g/mol. The van der Waals surface area contributed by atoms with E-state index in [1.807, 2.05) is 0 Å². The molecule has 1 aromatic rings. The van der Waals surface area contributed by atoms with Crippen LogP contribution in [0, 0.1) is 17.0 Å². The van der Waals surface area contributed by atoms with Crippen molar-refractivity contribution in [3.63, 3.8) is 0 Å². The minimum atomic E-state index is -1.51. The van der Waals surface area contributed by atoms with Gasteiger partial charge in [0.1, 0.15) is 6.61 Å². The number of hydrogen-bond donors (Lipinski definition) is 1. The summed E-state index contributed by atoms with van der Waals surface area (Å²) in [5.74, 6) is -4.60.